The maximum absolute atomic E-state index is 13.1. The van der Waals surface area contributed by atoms with Crippen LogP contribution in [0.3, 0.4) is 0 Å². The number of benzene rings is 1. The van der Waals surface area contributed by atoms with Gasteiger partial charge >= 0.3 is 0 Å². The molecule has 1 aromatic carbocycles. The molecule has 2 atom stereocenters. The van der Waals surface area contributed by atoms with Crippen molar-refractivity contribution in [2.24, 2.45) is 10.9 Å². The molecular weight excluding hydrogens is 387 g/mol. The number of thioether (sulfide) groups is 1. The first-order valence-corrected chi connectivity index (χ1v) is 12.0. The number of aliphatic imine (C=N–C) groups is 1. The lowest BCUT2D eigenvalue weighted by Gasteiger charge is -2.24. The number of sulfone groups is 1. The lowest BCUT2D eigenvalue weighted by molar-refractivity contribution is -0.121. The molecule has 1 aromatic rings. The van der Waals surface area contributed by atoms with Crippen LogP contribution in [0.2, 0.25) is 0 Å². The van der Waals surface area contributed by atoms with Gasteiger partial charge in [0.05, 0.1) is 17.5 Å². The minimum absolute atomic E-state index is 0.0727. The van der Waals surface area contributed by atoms with E-state index in [0.29, 0.717) is 18.1 Å². The quantitative estimate of drug-likeness (QED) is 0.719. The summed E-state index contributed by atoms with van der Waals surface area (Å²) in [6.45, 7) is 4.51. The summed E-state index contributed by atoms with van der Waals surface area (Å²) in [4.78, 5) is 18.8. The smallest absolute Gasteiger partial charge is 0.251 e. The fraction of sp³-hybridized carbons (Fsp3) is 0.579. The van der Waals surface area contributed by atoms with E-state index in [1.54, 1.807) is 12.1 Å². The highest BCUT2D eigenvalue weighted by Crippen LogP contribution is 2.38. The number of fused-ring (bicyclic) bond motifs is 1. The fourth-order valence-electron chi connectivity index (χ4n) is 3.62. The third-order valence-corrected chi connectivity index (χ3v) is 8.52. The zero-order valence-electron chi connectivity index (χ0n) is 15.6. The predicted molar refractivity (Wildman–Crippen MR) is 107 cm³/mol. The monoisotopic (exact) mass is 412 g/mol. The molecule has 8 heteroatoms. The Labute approximate surface area is 164 Å². The first-order valence-electron chi connectivity index (χ1n) is 9.33. The van der Waals surface area contributed by atoms with Crippen molar-refractivity contribution in [3.8, 4) is 0 Å². The maximum Gasteiger partial charge on any atom is 0.251 e. The van der Waals surface area contributed by atoms with Gasteiger partial charge in [-0.3, -0.25) is 4.79 Å². The Morgan fingerprint density at radius 1 is 1.26 bits per heavy atom. The number of hydrogen-bond acceptors (Lipinski definition) is 4. The molecule has 0 saturated carbocycles. The van der Waals surface area contributed by atoms with Crippen molar-refractivity contribution in [2.75, 3.05) is 18.1 Å². The van der Waals surface area contributed by atoms with E-state index in [2.05, 4.69) is 4.99 Å². The number of amides is 1. The molecule has 0 N–H and O–H groups in total. The highest BCUT2D eigenvalue weighted by Gasteiger charge is 2.48. The molecule has 2 saturated heterocycles. The van der Waals surface area contributed by atoms with E-state index >= 15 is 0 Å². The van der Waals surface area contributed by atoms with E-state index in [0.717, 1.165) is 18.4 Å². The lowest BCUT2D eigenvalue weighted by Crippen LogP contribution is -2.39. The van der Waals surface area contributed by atoms with Gasteiger partial charge in [-0.05, 0) is 37.0 Å². The second kappa shape index (κ2) is 8.31. The van der Waals surface area contributed by atoms with Gasteiger partial charge in [-0.25, -0.2) is 12.8 Å². The van der Waals surface area contributed by atoms with Crippen molar-refractivity contribution < 1.29 is 17.6 Å². The summed E-state index contributed by atoms with van der Waals surface area (Å²) in [5.41, 5.74) is 0.969. The van der Waals surface area contributed by atoms with E-state index in [9.17, 15) is 17.6 Å². The van der Waals surface area contributed by atoms with Crippen LogP contribution in [0, 0.1) is 11.7 Å². The fourth-order valence-corrected chi connectivity index (χ4v) is 7.60. The second-order valence-electron chi connectivity index (χ2n) is 7.12. The topological polar surface area (TPSA) is 66.8 Å². The van der Waals surface area contributed by atoms with Crippen LogP contribution in [-0.4, -0.2) is 53.7 Å². The highest BCUT2D eigenvalue weighted by molar-refractivity contribution is 8.15. The Hall–Kier alpha value is -1.41. The minimum atomic E-state index is -3.06. The van der Waals surface area contributed by atoms with Gasteiger partial charge in [-0.1, -0.05) is 37.7 Å². The normalized spacial score (nSPS) is 25.3. The Morgan fingerprint density at radius 2 is 1.93 bits per heavy atom. The Bertz CT molecular complexity index is 820. The molecule has 5 nitrogen and oxygen atoms in total. The summed E-state index contributed by atoms with van der Waals surface area (Å²) in [6, 6.07) is 6.15. The molecule has 27 heavy (non-hydrogen) atoms. The number of carbonyl (C=O) groups excluding carboxylic acids is 1. The van der Waals surface area contributed by atoms with Crippen LogP contribution in [0.4, 0.5) is 4.39 Å². The first kappa shape index (κ1) is 20.3. The molecule has 0 bridgehead atoms. The average molecular weight is 413 g/mol. The van der Waals surface area contributed by atoms with Gasteiger partial charge in [0.2, 0.25) is 0 Å². The van der Waals surface area contributed by atoms with Crippen molar-refractivity contribution in [1.29, 1.82) is 0 Å². The van der Waals surface area contributed by atoms with Gasteiger partial charge in [0.25, 0.3) is 5.91 Å². The molecule has 2 heterocycles. The van der Waals surface area contributed by atoms with Crippen LogP contribution in [0.1, 0.15) is 32.3 Å². The summed E-state index contributed by atoms with van der Waals surface area (Å²) < 4.78 is 37.2. The number of halogens is 1. The molecule has 3 rings (SSSR count). The molecule has 1 amide bonds. The maximum atomic E-state index is 13.1. The van der Waals surface area contributed by atoms with E-state index in [4.69, 9.17) is 0 Å². The number of nitrogens with zero attached hydrogens (tertiary/aromatic N) is 2. The number of amidine groups is 1. The SMILES string of the molecule is CCC(CC)C(=O)N=C1S[C@H]2CS(=O)(=O)C[C@@H]2N1CCc1ccc(F)cc1. The number of hydrogen-bond donors (Lipinski definition) is 0. The van der Waals surface area contributed by atoms with Gasteiger partial charge in [0.1, 0.15) is 5.82 Å². The zero-order valence-corrected chi connectivity index (χ0v) is 17.2. The standard InChI is InChI=1S/C19H25FN2O3S2/c1-3-14(4-2)18(23)21-19-22(10-9-13-5-7-15(20)8-6-13)16-11-27(24,25)12-17(16)26-19/h5-8,14,16-17H,3-4,9-12H2,1-2H3/t16-,17-/m0/s1. The highest BCUT2D eigenvalue weighted by atomic mass is 32.2. The second-order valence-corrected chi connectivity index (χ2v) is 10.5. The van der Waals surface area contributed by atoms with Crippen LogP contribution < -0.4 is 0 Å². The van der Waals surface area contributed by atoms with Gasteiger partial charge in [-0.2, -0.15) is 4.99 Å². The minimum Gasteiger partial charge on any atom is -0.346 e. The Balaban J connectivity index is 1.79. The molecule has 0 spiro atoms. The molecule has 0 unspecified atom stereocenters. The van der Waals surface area contributed by atoms with Crippen molar-refractivity contribution in [1.82, 2.24) is 4.90 Å². The molecular formula is C19H25FN2O3S2. The summed E-state index contributed by atoms with van der Waals surface area (Å²) >= 11 is 1.41. The number of carbonyl (C=O) groups is 1. The van der Waals surface area contributed by atoms with Crippen molar-refractivity contribution in [3.05, 3.63) is 35.6 Å². The van der Waals surface area contributed by atoms with E-state index in [1.165, 1.54) is 23.9 Å². The van der Waals surface area contributed by atoms with Gasteiger partial charge in [-0.15, -0.1) is 0 Å². The van der Waals surface area contributed by atoms with Gasteiger partial charge in [0, 0.05) is 17.7 Å². The number of rotatable bonds is 6. The Kier molecular flexibility index (Phi) is 6.25. The van der Waals surface area contributed by atoms with Gasteiger partial charge < -0.3 is 4.90 Å². The summed E-state index contributed by atoms with van der Waals surface area (Å²) in [5.74, 6) is -0.270. The summed E-state index contributed by atoms with van der Waals surface area (Å²) in [5, 5.41) is 0.565. The molecule has 2 aliphatic heterocycles. The predicted octanol–water partition coefficient (Wildman–Crippen LogP) is 2.90. The molecule has 0 radical (unpaired) electrons. The van der Waals surface area contributed by atoms with Crippen LogP contribution in [0.25, 0.3) is 0 Å². The van der Waals surface area contributed by atoms with E-state index in [1.807, 2.05) is 18.7 Å². The van der Waals surface area contributed by atoms with Gasteiger partial charge in [0.15, 0.2) is 15.0 Å². The van der Waals surface area contributed by atoms with Crippen LogP contribution in [-0.2, 0) is 21.1 Å². The zero-order chi connectivity index (χ0) is 19.6. The third kappa shape index (κ3) is 4.71. The molecule has 2 fully saturated rings. The molecule has 148 valence electrons. The van der Waals surface area contributed by atoms with Crippen LogP contribution in [0.5, 0.6) is 0 Å². The largest absolute Gasteiger partial charge is 0.346 e. The van der Waals surface area contributed by atoms with Crippen molar-refractivity contribution >= 4 is 32.7 Å². The summed E-state index contributed by atoms with van der Waals surface area (Å²) in [6.07, 6.45) is 2.13. The molecule has 0 aromatic heterocycles. The van der Waals surface area contributed by atoms with Crippen LogP contribution in [0.15, 0.2) is 29.3 Å². The van der Waals surface area contributed by atoms with Crippen molar-refractivity contribution in [3.63, 3.8) is 0 Å². The first-order chi connectivity index (χ1) is 12.8. The van der Waals surface area contributed by atoms with E-state index in [-0.39, 0.29) is 40.4 Å². The third-order valence-electron chi connectivity index (χ3n) is 5.27. The summed E-state index contributed by atoms with van der Waals surface area (Å²) in [7, 11) is -3.06. The molecule has 2 aliphatic rings. The average Bonchev–Trinajstić information content (AvgIpc) is 3.07. The van der Waals surface area contributed by atoms with E-state index < -0.39 is 9.84 Å². The van der Waals surface area contributed by atoms with Crippen molar-refractivity contribution in [2.45, 2.75) is 44.4 Å². The molecule has 0 aliphatic carbocycles. The lowest BCUT2D eigenvalue weighted by atomic mass is 10.0. The Morgan fingerprint density at radius 3 is 2.56 bits per heavy atom. The van der Waals surface area contributed by atoms with Crippen LogP contribution >= 0.6 is 11.8 Å².